The van der Waals surface area contributed by atoms with Crippen LogP contribution in [0, 0.1) is 5.82 Å². The van der Waals surface area contributed by atoms with Gasteiger partial charge in [-0.1, -0.05) is 6.07 Å². The molecule has 0 amide bonds. The molecular formula is C15H24FN3. The van der Waals surface area contributed by atoms with Crippen molar-refractivity contribution < 1.29 is 4.39 Å². The van der Waals surface area contributed by atoms with Crippen LogP contribution in [0.25, 0.3) is 0 Å². The van der Waals surface area contributed by atoms with Gasteiger partial charge in [0.1, 0.15) is 5.82 Å². The van der Waals surface area contributed by atoms with Crippen molar-refractivity contribution >= 4 is 5.69 Å². The Morgan fingerprint density at radius 1 is 1.37 bits per heavy atom. The van der Waals surface area contributed by atoms with Crippen molar-refractivity contribution in [2.45, 2.75) is 18.9 Å². The van der Waals surface area contributed by atoms with Crippen LogP contribution >= 0.6 is 0 Å². The maximum absolute atomic E-state index is 13.4. The number of hydrogen-bond donors (Lipinski definition) is 1. The highest BCUT2D eigenvalue weighted by molar-refractivity contribution is 5.46. The molecule has 0 aliphatic carbocycles. The number of anilines is 1. The third kappa shape index (κ3) is 3.91. The van der Waals surface area contributed by atoms with Crippen LogP contribution in [0.2, 0.25) is 0 Å². The van der Waals surface area contributed by atoms with Crippen LogP contribution in [0.5, 0.6) is 0 Å². The van der Waals surface area contributed by atoms with Gasteiger partial charge in [-0.05, 0) is 58.2 Å². The van der Waals surface area contributed by atoms with Gasteiger partial charge in [0.2, 0.25) is 0 Å². The molecule has 1 N–H and O–H groups in total. The maximum atomic E-state index is 13.4. The van der Waals surface area contributed by atoms with Gasteiger partial charge in [0.15, 0.2) is 0 Å². The van der Waals surface area contributed by atoms with Crippen molar-refractivity contribution in [3.8, 4) is 0 Å². The zero-order valence-corrected chi connectivity index (χ0v) is 11.9. The van der Waals surface area contributed by atoms with Gasteiger partial charge in [-0.2, -0.15) is 0 Å². The van der Waals surface area contributed by atoms with E-state index in [1.54, 1.807) is 12.1 Å². The zero-order valence-electron chi connectivity index (χ0n) is 11.9. The van der Waals surface area contributed by atoms with Gasteiger partial charge in [0, 0.05) is 24.8 Å². The maximum Gasteiger partial charge on any atom is 0.125 e. The number of likely N-dealkylation sites (N-methyl/N-ethyl adjacent to an activating group) is 1. The Hall–Kier alpha value is -1.13. The molecule has 0 aromatic heterocycles. The molecule has 0 spiro atoms. The quantitative estimate of drug-likeness (QED) is 0.897. The van der Waals surface area contributed by atoms with Crippen molar-refractivity contribution in [3.05, 3.63) is 30.1 Å². The number of benzene rings is 1. The monoisotopic (exact) mass is 265 g/mol. The molecule has 1 heterocycles. The van der Waals surface area contributed by atoms with Crippen molar-refractivity contribution in [3.63, 3.8) is 0 Å². The first-order valence-corrected chi connectivity index (χ1v) is 7.06. The summed E-state index contributed by atoms with van der Waals surface area (Å²) in [4.78, 5) is 4.74. The molecule has 1 aromatic rings. The molecule has 19 heavy (non-hydrogen) atoms. The summed E-state index contributed by atoms with van der Waals surface area (Å²) in [6.45, 7) is 4.11. The first-order valence-electron chi connectivity index (χ1n) is 7.06. The van der Waals surface area contributed by atoms with E-state index in [0.717, 1.165) is 44.7 Å². The summed E-state index contributed by atoms with van der Waals surface area (Å²) in [6, 6.07) is 7.47. The number of halogens is 1. The van der Waals surface area contributed by atoms with Gasteiger partial charge in [-0.3, -0.25) is 0 Å². The minimum absolute atomic E-state index is 0.151. The molecule has 2 rings (SSSR count). The third-order valence-electron chi connectivity index (χ3n) is 3.89. The summed E-state index contributed by atoms with van der Waals surface area (Å²) >= 11 is 0. The van der Waals surface area contributed by atoms with Gasteiger partial charge in [-0.15, -0.1) is 0 Å². The first-order chi connectivity index (χ1) is 9.20. The molecule has 1 unspecified atom stereocenters. The van der Waals surface area contributed by atoms with Crippen LogP contribution in [0.3, 0.4) is 0 Å². The Morgan fingerprint density at radius 2 is 2.21 bits per heavy atom. The second-order valence-corrected chi connectivity index (χ2v) is 5.31. The smallest absolute Gasteiger partial charge is 0.125 e. The fourth-order valence-corrected chi connectivity index (χ4v) is 2.71. The lowest BCUT2D eigenvalue weighted by molar-refractivity contribution is 0.248. The van der Waals surface area contributed by atoms with Gasteiger partial charge < -0.3 is 15.1 Å². The SMILES string of the molecule is CNCCC1CN(c2cccc(F)c2)CCCN1C. The average Bonchev–Trinajstić information content (AvgIpc) is 2.58. The lowest BCUT2D eigenvalue weighted by Gasteiger charge is -2.30. The van der Waals surface area contributed by atoms with Gasteiger partial charge >= 0.3 is 0 Å². The van der Waals surface area contributed by atoms with E-state index in [9.17, 15) is 4.39 Å². The van der Waals surface area contributed by atoms with E-state index in [-0.39, 0.29) is 5.82 Å². The molecule has 106 valence electrons. The fraction of sp³-hybridized carbons (Fsp3) is 0.600. The van der Waals surface area contributed by atoms with Crippen molar-refractivity contribution in [1.29, 1.82) is 0 Å². The van der Waals surface area contributed by atoms with Crippen LogP contribution in [0.1, 0.15) is 12.8 Å². The summed E-state index contributed by atoms with van der Waals surface area (Å²) < 4.78 is 13.4. The number of nitrogens with one attached hydrogen (secondary N) is 1. The van der Waals surface area contributed by atoms with Gasteiger partial charge in [0.05, 0.1) is 0 Å². The third-order valence-corrected chi connectivity index (χ3v) is 3.89. The largest absolute Gasteiger partial charge is 0.370 e. The highest BCUT2D eigenvalue weighted by Crippen LogP contribution is 2.20. The highest BCUT2D eigenvalue weighted by atomic mass is 19.1. The summed E-state index contributed by atoms with van der Waals surface area (Å²) in [6.07, 6.45) is 2.25. The molecule has 3 nitrogen and oxygen atoms in total. The van der Waals surface area contributed by atoms with Crippen molar-refractivity contribution in [2.75, 3.05) is 45.2 Å². The topological polar surface area (TPSA) is 18.5 Å². The van der Waals surface area contributed by atoms with E-state index in [0.29, 0.717) is 6.04 Å². The Morgan fingerprint density at radius 3 is 2.95 bits per heavy atom. The molecule has 1 fully saturated rings. The van der Waals surface area contributed by atoms with Crippen LogP contribution < -0.4 is 10.2 Å². The van der Waals surface area contributed by atoms with E-state index in [1.807, 2.05) is 13.1 Å². The molecule has 1 aliphatic heterocycles. The molecule has 4 heteroatoms. The predicted molar refractivity (Wildman–Crippen MR) is 78.2 cm³/mol. The van der Waals surface area contributed by atoms with E-state index in [1.165, 1.54) is 6.07 Å². The molecule has 1 aliphatic rings. The lowest BCUT2D eigenvalue weighted by Crippen LogP contribution is -2.40. The summed E-state index contributed by atoms with van der Waals surface area (Å²) in [5.74, 6) is -0.151. The van der Waals surface area contributed by atoms with Crippen LogP contribution in [0.4, 0.5) is 10.1 Å². The Kier molecular flexibility index (Phi) is 5.16. The van der Waals surface area contributed by atoms with Crippen LogP contribution in [0.15, 0.2) is 24.3 Å². The summed E-state index contributed by atoms with van der Waals surface area (Å²) in [7, 11) is 4.18. The minimum Gasteiger partial charge on any atom is -0.370 e. The average molecular weight is 265 g/mol. The molecular weight excluding hydrogens is 241 g/mol. The number of rotatable bonds is 4. The second-order valence-electron chi connectivity index (χ2n) is 5.31. The molecule has 1 atom stereocenters. The van der Waals surface area contributed by atoms with Crippen LogP contribution in [-0.4, -0.2) is 51.2 Å². The second kappa shape index (κ2) is 6.87. The summed E-state index contributed by atoms with van der Waals surface area (Å²) in [5.41, 5.74) is 1.00. The van der Waals surface area contributed by atoms with Gasteiger partial charge in [0.25, 0.3) is 0 Å². The summed E-state index contributed by atoms with van der Waals surface area (Å²) in [5, 5.41) is 3.21. The standard InChI is InChI=1S/C15H24FN3/c1-17-8-7-15-12-19(10-4-9-18(15)2)14-6-3-5-13(16)11-14/h3,5-6,11,15,17H,4,7-10,12H2,1-2H3. The molecule has 0 saturated carbocycles. The normalized spacial score (nSPS) is 21.4. The highest BCUT2D eigenvalue weighted by Gasteiger charge is 2.22. The molecule has 1 saturated heterocycles. The fourth-order valence-electron chi connectivity index (χ4n) is 2.71. The van der Waals surface area contributed by atoms with E-state index in [2.05, 4.69) is 22.2 Å². The van der Waals surface area contributed by atoms with E-state index >= 15 is 0 Å². The van der Waals surface area contributed by atoms with E-state index in [4.69, 9.17) is 0 Å². The molecule has 0 radical (unpaired) electrons. The Labute approximate surface area is 115 Å². The number of nitrogens with zero attached hydrogens (tertiary/aromatic N) is 2. The van der Waals surface area contributed by atoms with Gasteiger partial charge in [-0.25, -0.2) is 4.39 Å². The zero-order chi connectivity index (χ0) is 13.7. The van der Waals surface area contributed by atoms with Crippen LogP contribution in [-0.2, 0) is 0 Å². The molecule has 1 aromatic carbocycles. The lowest BCUT2D eigenvalue weighted by atomic mass is 10.1. The predicted octanol–water partition coefficient (Wildman–Crippen LogP) is 1.95. The Balaban J connectivity index is 2.08. The first kappa shape index (κ1) is 14.3. The van der Waals surface area contributed by atoms with Crippen molar-refractivity contribution in [1.82, 2.24) is 10.2 Å². The van der Waals surface area contributed by atoms with E-state index < -0.39 is 0 Å². The Bertz CT molecular complexity index is 397. The molecule has 0 bridgehead atoms. The minimum atomic E-state index is -0.151. The van der Waals surface area contributed by atoms with Crippen molar-refractivity contribution in [2.24, 2.45) is 0 Å². The number of hydrogen-bond acceptors (Lipinski definition) is 3.